The maximum absolute atomic E-state index is 13.5. The fourth-order valence-electron chi connectivity index (χ4n) is 3.22. The van der Waals surface area contributed by atoms with Crippen LogP contribution in [0.15, 0.2) is 53.3 Å². The zero-order chi connectivity index (χ0) is 21.3. The number of halogens is 3. The molecule has 0 spiro atoms. The van der Waals surface area contributed by atoms with E-state index < -0.39 is 22.9 Å². The van der Waals surface area contributed by atoms with E-state index in [1.807, 2.05) is 32.0 Å². The molecular formula is C22H18F3N3O. The molecule has 3 rings (SSSR count). The number of hydrogen-bond acceptors (Lipinski definition) is 3. The van der Waals surface area contributed by atoms with Gasteiger partial charge in [-0.3, -0.25) is 4.79 Å². The number of rotatable bonds is 3. The number of anilines is 1. The third-order valence-corrected chi connectivity index (χ3v) is 4.75. The summed E-state index contributed by atoms with van der Waals surface area (Å²) in [5.74, 6) is 0. The highest BCUT2D eigenvalue weighted by atomic mass is 19.4. The quantitative estimate of drug-likeness (QED) is 0.654. The summed E-state index contributed by atoms with van der Waals surface area (Å²) in [4.78, 5) is 12.9. The van der Waals surface area contributed by atoms with Crippen LogP contribution in [0.2, 0.25) is 0 Å². The Morgan fingerprint density at radius 1 is 1.07 bits per heavy atom. The van der Waals surface area contributed by atoms with Crippen LogP contribution < -0.4 is 11.3 Å². The second-order valence-corrected chi connectivity index (χ2v) is 6.87. The highest BCUT2D eigenvalue weighted by Crippen LogP contribution is 2.34. The van der Waals surface area contributed by atoms with E-state index in [-0.39, 0.29) is 12.2 Å². The maximum Gasteiger partial charge on any atom is 0.417 e. The van der Waals surface area contributed by atoms with Gasteiger partial charge < -0.3 is 10.3 Å². The Morgan fingerprint density at radius 3 is 2.28 bits per heavy atom. The summed E-state index contributed by atoms with van der Waals surface area (Å²) in [7, 11) is 0. The first-order chi connectivity index (χ1) is 13.6. The van der Waals surface area contributed by atoms with Crippen molar-refractivity contribution in [2.45, 2.75) is 26.6 Å². The number of nitrogen functional groups attached to an aromatic ring is 1. The lowest BCUT2D eigenvalue weighted by Gasteiger charge is -2.18. The van der Waals surface area contributed by atoms with Gasteiger partial charge in [-0.1, -0.05) is 35.9 Å². The Hall–Kier alpha value is -3.53. The molecule has 0 aliphatic heterocycles. The lowest BCUT2D eigenvalue weighted by atomic mass is 10.0. The van der Waals surface area contributed by atoms with E-state index in [9.17, 15) is 23.2 Å². The molecule has 29 heavy (non-hydrogen) atoms. The monoisotopic (exact) mass is 397 g/mol. The van der Waals surface area contributed by atoms with E-state index in [1.165, 1.54) is 10.6 Å². The number of hydrogen-bond donors (Lipinski definition) is 1. The molecule has 2 N–H and O–H groups in total. The minimum Gasteiger partial charge on any atom is -0.399 e. The van der Waals surface area contributed by atoms with Crippen LogP contribution in [0.5, 0.6) is 0 Å². The topological polar surface area (TPSA) is 71.8 Å². The molecule has 0 bridgehead atoms. The van der Waals surface area contributed by atoms with Crippen molar-refractivity contribution in [1.82, 2.24) is 4.57 Å². The Morgan fingerprint density at radius 2 is 1.72 bits per heavy atom. The number of nitrogens with two attached hydrogens (primary N) is 1. The number of nitriles is 1. The van der Waals surface area contributed by atoms with Crippen molar-refractivity contribution in [3.05, 3.63) is 86.7 Å². The number of pyridine rings is 1. The average Bonchev–Trinajstić information content (AvgIpc) is 2.64. The maximum atomic E-state index is 13.5. The molecule has 0 radical (unpaired) electrons. The average molecular weight is 397 g/mol. The zero-order valence-electron chi connectivity index (χ0n) is 15.8. The van der Waals surface area contributed by atoms with Crippen LogP contribution in [0, 0.1) is 25.2 Å². The van der Waals surface area contributed by atoms with Crippen molar-refractivity contribution in [1.29, 1.82) is 5.26 Å². The van der Waals surface area contributed by atoms with Gasteiger partial charge in [-0.2, -0.15) is 18.4 Å². The van der Waals surface area contributed by atoms with Crippen molar-refractivity contribution in [3.63, 3.8) is 0 Å². The van der Waals surface area contributed by atoms with Gasteiger partial charge in [0.15, 0.2) is 0 Å². The van der Waals surface area contributed by atoms with Gasteiger partial charge >= 0.3 is 6.18 Å². The van der Waals surface area contributed by atoms with Gasteiger partial charge in [0.25, 0.3) is 5.56 Å². The van der Waals surface area contributed by atoms with E-state index in [4.69, 9.17) is 5.73 Å². The molecule has 0 aliphatic carbocycles. The normalized spacial score (nSPS) is 11.3. The molecule has 2 aromatic carbocycles. The second-order valence-electron chi connectivity index (χ2n) is 6.87. The van der Waals surface area contributed by atoms with Crippen LogP contribution in [0.4, 0.5) is 18.9 Å². The molecule has 0 fully saturated rings. The van der Waals surface area contributed by atoms with E-state index in [2.05, 4.69) is 0 Å². The van der Waals surface area contributed by atoms with Crippen molar-refractivity contribution < 1.29 is 13.2 Å². The third-order valence-electron chi connectivity index (χ3n) is 4.75. The van der Waals surface area contributed by atoms with E-state index >= 15 is 0 Å². The SMILES string of the molecule is Cc1ccc(Cn2c(-c3ccc(N)cc3)cc(C(F)(F)F)c(C#N)c2=O)c(C)c1. The summed E-state index contributed by atoms with van der Waals surface area (Å²) in [6, 6.07) is 14.1. The smallest absolute Gasteiger partial charge is 0.399 e. The molecule has 7 heteroatoms. The van der Waals surface area contributed by atoms with Crippen molar-refractivity contribution in [2.75, 3.05) is 5.73 Å². The molecule has 0 saturated carbocycles. The predicted molar refractivity (Wildman–Crippen MR) is 105 cm³/mol. The Labute approximate surface area is 165 Å². The van der Waals surface area contributed by atoms with Crippen LogP contribution in [-0.2, 0) is 12.7 Å². The van der Waals surface area contributed by atoms with Gasteiger partial charge in [0, 0.05) is 5.69 Å². The van der Waals surface area contributed by atoms with Crippen molar-refractivity contribution in [3.8, 4) is 17.3 Å². The lowest BCUT2D eigenvalue weighted by molar-refractivity contribution is -0.137. The number of alkyl halides is 3. The van der Waals surface area contributed by atoms with Crippen LogP contribution >= 0.6 is 0 Å². The molecule has 148 valence electrons. The highest BCUT2D eigenvalue weighted by Gasteiger charge is 2.36. The van der Waals surface area contributed by atoms with E-state index in [1.54, 1.807) is 24.3 Å². The standard InChI is InChI=1S/C22H18F3N3O/c1-13-3-4-16(14(2)9-13)12-28-20(15-5-7-17(27)8-6-15)10-19(22(23,24)25)18(11-26)21(28)29/h3-10H,12,27H2,1-2H3. The fourth-order valence-corrected chi connectivity index (χ4v) is 3.22. The van der Waals surface area contributed by atoms with Crippen LogP contribution in [-0.4, -0.2) is 4.57 Å². The van der Waals surface area contributed by atoms with Gasteiger partial charge in [0.2, 0.25) is 0 Å². The van der Waals surface area contributed by atoms with Gasteiger partial charge in [-0.05, 0) is 48.7 Å². The Bertz CT molecular complexity index is 1170. The summed E-state index contributed by atoms with van der Waals surface area (Å²) in [6.45, 7) is 3.83. The first-order valence-electron chi connectivity index (χ1n) is 8.79. The number of benzene rings is 2. The molecule has 4 nitrogen and oxygen atoms in total. The van der Waals surface area contributed by atoms with Gasteiger partial charge in [0.1, 0.15) is 11.6 Å². The Balaban J connectivity index is 2.31. The third kappa shape index (κ3) is 4.02. The van der Waals surface area contributed by atoms with Crippen molar-refractivity contribution in [2.24, 2.45) is 0 Å². The second kappa shape index (κ2) is 7.47. The van der Waals surface area contributed by atoms with Gasteiger partial charge in [-0.25, -0.2) is 0 Å². The van der Waals surface area contributed by atoms with E-state index in [0.29, 0.717) is 11.3 Å². The predicted octanol–water partition coefficient (Wildman–Crippen LogP) is 4.65. The van der Waals surface area contributed by atoms with Crippen LogP contribution in [0.1, 0.15) is 27.8 Å². The van der Waals surface area contributed by atoms with Gasteiger partial charge in [-0.15, -0.1) is 0 Å². The summed E-state index contributed by atoms with van der Waals surface area (Å²) in [5, 5.41) is 9.26. The molecule has 0 saturated heterocycles. The van der Waals surface area contributed by atoms with E-state index in [0.717, 1.165) is 22.8 Å². The minimum atomic E-state index is -4.83. The minimum absolute atomic E-state index is 0.0392. The first-order valence-corrected chi connectivity index (χ1v) is 8.79. The number of nitrogens with zero attached hydrogens (tertiary/aromatic N) is 2. The molecule has 1 aromatic heterocycles. The summed E-state index contributed by atoms with van der Waals surface area (Å²) >= 11 is 0. The molecule has 0 atom stereocenters. The van der Waals surface area contributed by atoms with Gasteiger partial charge in [0.05, 0.1) is 17.8 Å². The largest absolute Gasteiger partial charge is 0.417 e. The molecule has 0 unspecified atom stereocenters. The summed E-state index contributed by atoms with van der Waals surface area (Å²) < 4.78 is 41.8. The van der Waals surface area contributed by atoms with Crippen LogP contribution in [0.3, 0.4) is 0 Å². The summed E-state index contributed by atoms with van der Waals surface area (Å²) in [5.41, 5.74) is 6.17. The highest BCUT2D eigenvalue weighted by molar-refractivity contribution is 5.65. The molecule has 1 heterocycles. The first kappa shape index (κ1) is 20.2. The number of aryl methyl sites for hydroxylation is 2. The van der Waals surface area contributed by atoms with Crippen molar-refractivity contribution >= 4 is 5.69 Å². The number of aromatic nitrogens is 1. The molecule has 0 aliphatic rings. The molecular weight excluding hydrogens is 379 g/mol. The van der Waals surface area contributed by atoms with Crippen LogP contribution in [0.25, 0.3) is 11.3 Å². The Kier molecular flexibility index (Phi) is 5.21. The molecule has 0 amide bonds. The zero-order valence-corrected chi connectivity index (χ0v) is 15.8. The fraction of sp³-hybridized carbons (Fsp3) is 0.182. The lowest BCUT2D eigenvalue weighted by Crippen LogP contribution is -2.29. The molecule has 3 aromatic rings. The summed E-state index contributed by atoms with van der Waals surface area (Å²) in [6.07, 6.45) is -4.83.